The van der Waals surface area contributed by atoms with Crippen molar-refractivity contribution in [2.75, 3.05) is 4.90 Å². The topological polar surface area (TPSA) is 94.4 Å². The van der Waals surface area contributed by atoms with Gasteiger partial charge in [-0.1, -0.05) is 17.7 Å². The van der Waals surface area contributed by atoms with Gasteiger partial charge in [-0.25, -0.2) is 0 Å². The van der Waals surface area contributed by atoms with Crippen molar-refractivity contribution in [3.63, 3.8) is 0 Å². The molecule has 0 aliphatic rings. The van der Waals surface area contributed by atoms with E-state index in [1.165, 1.54) is 4.68 Å². The fourth-order valence-electron chi connectivity index (χ4n) is 2.93. The maximum absolute atomic E-state index is 13.0. The number of benzene rings is 1. The molecule has 0 fully saturated rings. The second-order valence-corrected chi connectivity index (χ2v) is 6.33. The zero-order valence-corrected chi connectivity index (χ0v) is 15.4. The Morgan fingerprint density at radius 2 is 1.93 bits per heavy atom. The number of furan rings is 1. The summed E-state index contributed by atoms with van der Waals surface area (Å²) < 4.78 is 6.76. The van der Waals surface area contributed by atoms with Gasteiger partial charge in [0.2, 0.25) is 5.91 Å². The van der Waals surface area contributed by atoms with Crippen molar-refractivity contribution in [1.82, 2.24) is 9.78 Å². The number of nitro groups is 1. The van der Waals surface area contributed by atoms with Crippen LogP contribution in [0.5, 0.6) is 0 Å². The Bertz CT molecular complexity index is 959. The highest BCUT2D eigenvalue weighted by Gasteiger charge is 2.25. The number of carbonyl (C=O) groups excluding carboxylic acids is 1. The van der Waals surface area contributed by atoms with Crippen LogP contribution in [0.2, 0.25) is 0 Å². The summed E-state index contributed by atoms with van der Waals surface area (Å²) in [7, 11) is 0. The van der Waals surface area contributed by atoms with Gasteiger partial charge in [0, 0.05) is 5.69 Å². The molecule has 2 heterocycles. The number of carbonyl (C=O) groups is 1. The van der Waals surface area contributed by atoms with Crippen LogP contribution in [0.3, 0.4) is 0 Å². The van der Waals surface area contributed by atoms with E-state index in [9.17, 15) is 14.9 Å². The molecule has 0 spiro atoms. The lowest BCUT2D eigenvalue weighted by Crippen LogP contribution is -2.33. The summed E-state index contributed by atoms with van der Waals surface area (Å²) in [5.41, 5.74) is 2.39. The van der Waals surface area contributed by atoms with E-state index >= 15 is 0 Å². The number of amides is 1. The minimum absolute atomic E-state index is 0.0595. The molecule has 0 aliphatic heterocycles. The molecule has 0 bridgehead atoms. The van der Waals surface area contributed by atoms with Crippen molar-refractivity contribution in [2.24, 2.45) is 0 Å². The number of hydrogen-bond acceptors (Lipinski definition) is 5. The molecular weight excluding hydrogens is 348 g/mol. The van der Waals surface area contributed by atoms with Gasteiger partial charge in [-0.15, -0.1) is 0 Å². The first-order chi connectivity index (χ1) is 12.9. The fourth-order valence-corrected chi connectivity index (χ4v) is 2.93. The SMILES string of the molecule is Cc1ccc(N(Cc2ccco2)C(=O)Cn2nc(C)c([N+](=O)[O-])c2C)cc1. The van der Waals surface area contributed by atoms with Crippen LogP contribution in [0.1, 0.15) is 22.7 Å². The number of hydrogen-bond donors (Lipinski definition) is 0. The molecule has 8 heteroatoms. The number of aromatic nitrogens is 2. The Kier molecular flexibility index (Phi) is 5.07. The summed E-state index contributed by atoms with van der Waals surface area (Å²) >= 11 is 0. The van der Waals surface area contributed by atoms with Crippen molar-refractivity contribution in [3.8, 4) is 0 Å². The largest absolute Gasteiger partial charge is 0.467 e. The zero-order valence-electron chi connectivity index (χ0n) is 15.4. The standard InChI is InChI=1S/C19H20N4O4/c1-13-6-8-16(9-7-13)21(11-17-5-4-10-27-17)18(24)12-22-15(3)19(23(25)26)14(2)20-22/h4-10H,11-12H2,1-3H3. The molecule has 0 unspecified atom stereocenters. The third kappa shape index (κ3) is 3.89. The fraction of sp³-hybridized carbons (Fsp3) is 0.263. The first-order valence-corrected chi connectivity index (χ1v) is 8.44. The lowest BCUT2D eigenvalue weighted by Gasteiger charge is -2.22. The van der Waals surface area contributed by atoms with Gasteiger partial charge in [-0.05, 0) is 45.0 Å². The van der Waals surface area contributed by atoms with E-state index in [4.69, 9.17) is 4.42 Å². The predicted molar refractivity (Wildman–Crippen MR) is 99.4 cm³/mol. The monoisotopic (exact) mass is 368 g/mol. The molecule has 0 saturated heterocycles. The third-order valence-corrected chi connectivity index (χ3v) is 4.35. The number of rotatable bonds is 6. The maximum atomic E-state index is 13.0. The normalized spacial score (nSPS) is 10.8. The summed E-state index contributed by atoms with van der Waals surface area (Å²) in [6.07, 6.45) is 1.55. The van der Waals surface area contributed by atoms with Crippen LogP contribution < -0.4 is 4.90 Å². The lowest BCUT2D eigenvalue weighted by atomic mass is 10.2. The molecule has 1 amide bonds. The highest BCUT2D eigenvalue weighted by molar-refractivity contribution is 5.93. The summed E-state index contributed by atoms with van der Waals surface area (Å²) in [5.74, 6) is 0.402. The average molecular weight is 368 g/mol. The van der Waals surface area contributed by atoms with Crippen molar-refractivity contribution in [3.05, 3.63) is 75.5 Å². The number of nitrogens with zero attached hydrogens (tertiary/aromatic N) is 4. The molecule has 3 aromatic rings. The Balaban J connectivity index is 1.90. The van der Waals surface area contributed by atoms with E-state index < -0.39 is 4.92 Å². The smallest absolute Gasteiger partial charge is 0.312 e. The molecule has 1 aromatic carbocycles. The molecule has 0 N–H and O–H groups in total. The van der Waals surface area contributed by atoms with Crippen molar-refractivity contribution < 1.29 is 14.1 Å². The predicted octanol–water partition coefficient (Wildman–Crippen LogP) is 3.54. The second kappa shape index (κ2) is 7.45. The van der Waals surface area contributed by atoms with Gasteiger partial charge in [-0.3, -0.25) is 19.6 Å². The minimum atomic E-state index is -0.473. The second-order valence-electron chi connectivity index (χ2n) is 6.33. The Morgan fingerprint density at radius 1 is 1.22 bits per heavy atom. The van der Waals surface area contributed by atoms with E-state index in [1.54, 1.807) is 37.1 Å². The Labute approximate surface area is 156 Å². The Hall–Kier alpha value is -3.42. The summed E-state index contributed by atoms with van der Waals surface area (Å²) in [5, 5.41) is 15.3. The van der Waals surface area contributed by atoms with E-state index in [1.807, 2.05) is 31.2 Å². The third-order valence-electron chi connectivity index (χ3n) is 4.35. The van der Waals surface area contributed by atoms with Crippen LogP contribution in [0.15, 0.2) is 47.1 Å². The van der Waals surface area contributed by atoms with Gasteiger partial charge in [0.15, 0.2) is 0 Å². The van der Waals surface area contributed by atoms with Crippen molar-refractivity contribution in [2.45, 2.75) is 33.9 Å². The van der Waals surface area contributed by atoms with Crippen LogP contribution in [0.25, 0.3) is 0 Å². The highest BCUT2D eigenvalue weighted by atomic mass is 16.6. The number of aryl methyl sites for hydroxylation is 2. The molecule has 140 valence electrons. The van der Waals surface area contributed by atoms with Crippen LogP contribution in [-0.4, -0.2) is 20.6 Å². The van der Waals surface area contributed by atoms with E-state index in [0.717, 1.165) is 11.3 Å². The summed E-state index contributed by atoms with van der Waals surface area (Å²) in [6.45, 7) is 5.28. The van der Waals surface area contributed by atoms with Crippen molar-refractivity contribution in [1.29, 1.82) is 0 Å². The van der Waals surface area contributed by atoms with Gasteiger partial charge in [0.25, 0.3) is 0 Å². The van der Waals surface area contributed by atoms with Gasteiger partial charge >= 0.3 is 5.69 Å². The summed E-state index contributed by atoms with van der Waals surface area (Å²) in [6, 6.07) is 11.1. The molecular formula is C19H20N4O4. The van der Waals surface area contributed by atoms with Crippen LogP contribution in [-0.2, 0) is 17.9 Å². The highest BCUT2D eigenvalue weighted by Crippen LogP contribution is 2.23. The van der Waals surface area contributed by atoms with E-state index in [-0.39, 0.29) is 24.7 Å². The lowest BCUT2D eigenvalue weighted by molar-refractivity contribution is -0.386. The first-order valence-electron chi connectivity index (χ1n) is 8.44. The molecule has 8 nitrogen and oxygen atoms in total. The Morgan fingerprint density at radius 3 is 2.48 bits per heavy atom. The average Bonchev–Trinajstić information content (AvgIpc) is 3.21. The van der Waals surface area contributed by atoms with Gasteiger partial charge in [0.1, 0.15) is 23.7 Å². The first kappa shape index (κ1) is 18.4. The van der Waals surface area contributed by atoms with Crippen LogP contribution >= 0.6 is 0 Å². The number of anilines is 1. The minimum Gasteiger partial charge on any atom is -0.467 e. The maximum Gasteiger partial charge on any atom is 0.312 e. The molecule has 0 saturated carbocycles. The van der Waals surface area contributed by atoms with Gasteiger partial charge < -0.3 is 9.32 Å². The van der Waals surface area contributed by atoms with Crippen LogP contribution in [0.4, 0.5) is 11.4 Å². The quantitative estimate of drug-likeness (QED) is 0.490. The molecule has 27 heavy (non-hydrogen) atoms. The van der Waals surface area contributed by atoms with Gasteiger partial charge in [0.05, 0.1) is 17.7 Å². The molecule has 2 aromatic heterocycles. The van der Waals surface area contributed by atoms with Crippen molar-refractivity contribution >= 4 is 17.3 Å². The zero-order chi connectivity index (χ0) is 19.6. The summed E-state index contributed by atoms with van der Waals surface area (Å²) in [4.78, 5) is 25.3. The molecule has 0 atom stereocenters. The van der Waals surface area contributed by atoms with E-state index in [0.29, 0.717) is 17.1 Å². The molecule has 0 radical (unpaired) electrons. The van der Waals surface area contributed by atoms with Gasteiger partial charge in [-0.2, -0.15) is 5.10 Å². The van der Waals surface area contributed by atoms with Crippen LogP contribution in [0, 0.1) is 30.9 Å². The molecule has 0 aliphatic carbocycles. The molecule has 3 rings (SSSR count). The van der Waals surface area contributed by atoms with E-state index in [2.05, 4.69) is 5.10 Å².